The zero-order valence-corrected chi connectivity index (χ0v) is 12.3. The van der Waals surface area contributed by atoms with Gasteiger partial charge < -0.3 is 15.0 Å². The minimum absolute atomic E-state index is 0.650. The van der Waals surface area contributed by atoms with Gasteiger partial charge in [-0.15, -0.1) is 0 Å². The quantitative estimate of drug-likeness (QED) is 0.735. The molecule has 1 aromatic rings. The van der Waals surface area contributed by atoms with Gasteiger partial charge in [0.1, 0.15) is 12.4 Å². The number of halogens is 1. The molecular formula is C14H23ClN2O. The Kier molecular flexibility index (Phi) is 7.09. The van der Waals surface area contributed by atoms with Crippen molar-refractivity contribution in [1.29, 1.82) is 0 Å². The van der Waals surface area contributed by atoms with Crippen LogP contribution in [0.5, 0.6) is 5.75 Å². The molecule has 0 radical (unpaired) electrons. The molecule has 102 valence electrons. The van der Waals surface area contributed by atoms with Crippen molar-refractivity contribution in [2.75, 3.05) is 33.8 Å². The van der Waals surface area contributed by atoms with Crippen LogP contribution in [-0.2, 0) is 6.54 Å². The van der Waals surface area contributed by atoms with Crippen molar-refractivity contribution in [1.82, 2.24) is 10.2 Å². The molecule has 0 saturated carbocycles. The molecule has 4 heteroatoms. The van der Waals surface area contributed by atoms with Crippen molar-refractivity contribution < 1.29 is 4.74 Å². The highest BCUT2D eigenvalue weighted by Crippen LogP contribution is 2.28. The van der Waals surface area contributed by atoms with Gasteiger partial charge in [0.2, 0.25) is 0 Å². The van der Waals surface area contributed by atoms with Gasteiger partial charge in [-0.2, -0.15) is 0 Å². The normalized spacial score (nSPS) is 10.9. The zero-order valence-electron chi connectivity index (χ0n) is 11.5. The van der Waals surface area contributed by atoms with Gasteiger partial charge in [0.15, 0.2) is 0 Å². The Hall–Kier alpha value is -0.770. The predicted octanol–water partition coefficient (Wildman–Crippen LogP) is 2.78. The van der Waals surface area contributed by atoms with Crippen molar-refractivity contribution in [2.24, 2.45) is 0 Å². The molecule has 0 spiro atoms. The topological polar surface area (TPSA) is 24.5 Å². The Balaban J connectivity index is 2.61. The average molecular weight is 271 g/mol. The first-order chi connectivity index (χ1) is 8.65. The molecule has 18 heavy (non-hydrogen) atoms. The van der Waals surface area contributed by atoms with Crippen LogP contribution in [0.15, 0.2) is 18.2 Å². The summed E-state index contributed by atoms with van der Waals surface area (Å²) in [5.74, 6) is 0.810. The maximum atomic E-state index is 6.19. The Bertz CT molecular complexity index is 356. The number of benzene rings is 1. The lowest BCUT2D eigenvalue weighted by Crippen LogP contribution is -2.20. The number of rotatable bonds is 8. The molecule has 1 aromatic carbocycles. The van der Waals surface area contributed by atoms with Gasteiger partial charge in [-0.3, -0.25) is 0 Å². The second-order valence-electron chi connectivity index (χ2n) is 4.56. The molecule has 0 aliphatic rings. The molecule has 0 atom stereocenters. The minimum atomic E-state index is 0.650. The first-order valence-electron chi connectivity index (χ1n) is 6.40. The van der Waals surface area contributed by atoms with Gasteiger partial charge in [-0.1, -0.05) is 30.7 Å². The third-order valence-electron chi connectivity index (χ3n) is 2.58. The molecule has 0 fully saturated rings. The number of hydrogen-bond acceptors (Lipinski definition) is 3. The molecular weight excluding hydrogens is 248 g/mol. The molecule has 0 heterocycles. The van der Waals surface area contributed by atoms with Crippen molar-refractivity contribution >= 4 is 11.6 Å². The summed E-state index contributed by atoms with van der Waals surface area (Å²) < 4.78 is 5.80. The molecule has 0 saturated heterocycles. The molecule has 3 nitrogen and oxygen atoms in total. The fraction of sp³-hybridized carbons (Fsp3) is 0.571. The summed E-state index contributed by atoms with van der Waals surface area (Å²) in [4.78, 5) is 2.09. The molecule has 0 aromatic heterocycles. The highest BCUT2D eigenvalue weighted by Gasteiger charge is 2.08. The van der Waals surface area contributed by atoms with E-state index in [0.29, 0.717) is 11.6 Å². The van der Waals surface area contributed by atoms with Crippen LogP contribution in [-0.4, -0.2) is 38.7 Å². The van der Waals surface area contributed by atoms with Crippen LogP contribution in [0.3, 0.4) is 0 Å². The van der Waals surface area contributed by atoms with Crippen LogP contribution in [0.25, 0.3) is 0 Å². The van der Waals surface area contributed by atoms with Crippen molar-refractivity contribution in [3.05, 3.63) is 28.8 Å². The van der Waals surface area contributed by atoms with E-state index in [2.05, 4.69) is 23.2 Å². The molecule has 0 amide bonds. The van der Waals surface area contributed by atoms with E-state index in [9.17, 15) is 0 Å². The predicted molar refractivity (Wildman–Crippen MR) is 77.5 cm³/mol. The van der Waals surface area contributed by atoms with Gasteiger partial charge in [0.25, 0.3) is 0 Å². The summed E-state index contributed by atoms with van der Waals surface area (Å²) in [6.07, 6.45) is 1.12. The van der Waals surface area contributed by atoms with E-state index < -0.39 is 0 Å². The third-order valence-corrected chi connectivity index (χ3v) is 2.87. The molecule has 1 rings (SSSR count). The van der Waals surface area contributed by atoms with Crippen LogP contribution >= 0.6 is 11.6 Å². The van der Waals surface area contributed by atoms with Gasteiger partial charge in [-0.25, -0.2) is 0 Å². The van der Waals surface area contributed by atoms with E-state index in [1.165, 1.54) is 0 Å². The van der Waals surface area contributed by atoms with Gasteiger partial charge in [-0.05, 0) is 33.1 Å². The lowest BCUT2D eigenvalue weighted by Gasteiger charge is -2.15. The summed E-state index contributed by atoms with van der Waals surface area (Å²) in [5, 5.41) is 4.05. The summed E-state index contributed by atoms with van der Waals surface area (Å²) in [7, 11) is 4.05. The van der Waals surface area contributed by atoms with Gasteiger partial charge in [0.05, 0.1) is 5.02 Å². The molecule has 0 aliphatic carbocycles. The number of ether oxygens (including phenoxy) is 1. The van der Waals surface area contributed by atoms with Crippen LogP contribution in [0.1, 0.15) is 18.9 Å². The third kappa shape index (κ3) is 5.25. The maximum absolute atomic E-state index is 6.19. The highest BCUT2D eigenvalue weighted by molar-refractivity contribution is 6.32. The van der Waals surface area contributed by atoms with Gasteiger partial charge in [0, 0.05) is 18.7 Å². The first kappa shape index (κ1) is 15.3. The van der Waals surface area contributed by atoms with Crippen LogP contribution < -0.4 is 10.1 Å². The summed E-state index contributed by atoms with van der Waals surface area (Å²) in [6, 6.07) is 5.89. The number of nitrogens with one attached hydrogen (secondary N) is 1. The second kappa shape index (κ2) is 8.35. The maximum Gasteiger partial charge on any atom is 0.142 e. The van der Waals surface area contributed by atoms with E-state index in [1.807, 2.05) is 26.2 Å². The lowest BCUT2D eigenvalue weighted by atomic mass is 10.2. The van der Waals surface area contributed by atoms with Crippen LogP contribution in [0.4, 0.5) is 0 Å². The summed E-state index contributed by atoms with van der Waals surface area (Å²) >= 11 is 6.19. The number of hydrogen-bond donors (Lipinski definition) is 1. The number of likely N-dealkylation sites (N-methyl/N-ethyl adjacent to an activating group) is 1. The van der Waals surface area contributed by atoms with E-state index in [0.717, 1.165) is 37.4 Å². The molecule has 0 unspecified atom stereocenters. The SMILES string of the molecule is CCCNCc1cccc(Cl)c1OCCN(C)C. The van der Waals surface area contributed by atoms with Crippen molar-refractivity contribution in [2.45, 2.75) is 19.9 Å². The van der Waals surface area contributed by atoms with Crippen LogP contribution in [0, 0.1) is 0 Å². The Morgan fingerprint density at radius 2 is 2.11 bits per heavy atom. The fourth-order valence-electron chi connectivity index (χ4n) is 1.58. The van der Waals surface area contributed by atoms with Crippen LogP contribution in [0.2, 0.25) is 5.02 Å². The highest BCUT2D eigenvalue weighted by atomic mass is 35.5. The minimum Gasteiger partial charge on any atom is -0.490 e. The summed E-state index contributed by atoms with van der Waals surface area (Å²) in [5.41, 5.74) is 1.12. The molecule has 0 aliphatic heterocycles. The second-order valence-corrected chi connectivity index (χ2v) is 4.96. The van der Waals surface area contributed by atoms with Crippen molar-refractivity contribution in [3.63, 3.8) is 0 Å². The zero-order chi connectivity index (χ0) is 13.4. The monoisotopic (exact) mass is 270 g/mol. The number of nitrogens with zero attached hydrogens (tertiary/aromatic N) is 1. The van der Waals surface area contributed by atoms with E-state index in [4.69, 9.17) is 16.3 Å². The van der Waals surface area contributed by atoms with E-state index in [-0.39, 0.29) is 0 Å². The molecule has 0 bridgehead atoms. The van der Waals surface area contributed by atoms with Crippen molar-refractivity contribution in [3.8, 4) is 5.75 Å². The first-order valence-corrected chi connectivity index (χ1v) is 6.78. The Labute approximate surface area is 115 Å². The average Bonchev–Trinajstić information content (AvgIpc) is 2.32. The Morgan fingerprint density at radius 3 is 2.78 bits per heavy atom. The fourth-order valence-corrected chi connectivity index (χ4v) is 1.83. The lowest BCUT2D eigenvalue weighted by molar-refractivity contribution is 0.259. The summed E-state index contributed by atoms with van der Waals surface area (Å²) in [6.45, 7) is 5.49. The smallest absolute Gasteiger partial charge is 0.142 e. The largest absolute Gasteiger partial charge is 0.490 e. The standard InChI is InChI=1S/C14H23ClN2O/c1-4-8-16-11-12-6-5-7-13(15)14(12)18-10-9-17(2)3/h5-7,16H,4,8-11H2,1-3H3. The van der Waals surface area contributed by atoms with E-state index in [1.54, 1.807) is 0 Å². The van der Waals surface area contributed by atoms with E-state index >= 15 is 0 Å². The Morgan fingerprint density at radius 1 is 1.33 bits per heavy atom. The molecule has 1 N–H and O–H groups in total. The number of para-hydroxylation sites is 1. The van der Waals surface area contributed by atoms with Gasteiger partial charge >= 0.3 is 0 Å².